The highest BCUT2D eigenvalue weighted by Gasteiger charge is 2.35. The van der Waals surface area contributed by atoms with Crippen molar-refractivity contribution in [2.45, 2.75) is 19.3 Å². The van der Waals surface area contributed by atoms with Crippen LogP contribution >= 0.6 is 0 Å². The zero-order chi connectivity index (χ0) is 24.7. The van der Waals surface area contributed by atoms with Crippen molar-refractivity contribution in [1.29, 1.82) is 0 Å². The lowest BCUT2D eigenvalue weighted by Crippen LogP contribution is -2.17. The highest BCUT2D eigenvalue weighted by atomic mass is 16.2. The molecule has 5 aromatic rings. The van der Waals surface area contributed by atoms with Crippen LogP contribution in [0.15, 0.2) is 121 Å². The Morgan fingerprint density at radius 2 is 1.11 bits per heavy atom. The van der Waals surface area contributed by atoms with Crippen molar-refractivity contribution in [3.8, 4) is 22.3 Å². The van der Waals surface area contributed by atoms with E-state index in [9.17, 15) is 5.02 Å². The zero-order valence-corrected chi connectivity index (χ0v) is 20.6. The van der Waals surface area contributed by atoms with Gasteiger partial charge < -0.3 is 9.92 Å². The first-order valence-electron chi connectivity index (χ1n) is 12.5. The van der Waals surface area contributed by atoms with Crippen LogP contribution in [0.4, 0.5) is 17.1 Å². The number of fused-ring (bicyclic) bond motifs is 3. The van der Waals surface area contributed by atoms with Gasteiger partial charge in [0.05, 0.1) is 0 Å². The van der Waals surface area contributed by atoms with Gasteiger partial charge in [0.15, 0.2) is 0 Å². The molecule has 0 bridgehead atoms. The summed E-state index contributed by atoms with van der Waals surface area (Å²) in [5, 5.41) is 9.58. The summed E-state index contributed by atoms with van der Waals surface area (Å²) in [5.41, 5.74) is 11.9. The van der Waals surface area contributed by atoms with Crippen LogP contribution in [-0.2, 0) is 5.41 Å². The summed E-state index contributed by atoms with van der Waals surface area (Å²) in [5.74, 6) is 0. The molecule has 0 amide bonds. The predicted molar refractivity (Wildman–Crippen MR) is 153 cm³/mol. The molecule has 1 aliphatic rings. The second kappa shape index (κ2) is 8.85. The maximum Gasteiger partial charge on any atom is 0.304 e. The minimum Gasteiger partial charge on any atom is -0.449 e. The van der Waals surface area contributed by atoms with Gasteiger partial charge in [-0.05, 0) is 69.8 Å². The van der Waals surface area contributed by atoms with E-state index in [-0.39, 0.29) is 12.9 Å². The molecule has 0 unspecified atom stereocenters. The van der Waals surface area contributed by atoms with Crippen LogP contribution in [0.1, 0.15) is 25.0 Å². The van der Waals surface area contributed by atoms with Gasteiger partial charge in [-0.25, -0.2) is 0 Å². The van der Waals surface area contributed by atoms with Crippen molar-refractivity contribution >= 4 is 30.0 Å². The van der Waals surface area contributed by atoms with E-state index in [1.54, 1.807) is 0 Å². The molecule has 0 aromatic heterocycles. The highest BCUT2D eigenvalue weighted by Crippen LogP contribution is 2.50. The smallest absolute Gasteiger partial charge is 0.304 e. The molecule has 0 spiro atoms. The number of anilines is 3. The number of hydrogen-bond acceptors (Lipinski definition) is 2. The Kier molecular flexibility index (Phi) is 5.51. The van der Waals surface area contributed by atoms with Crippen molar-refractivity contribution < 1.29 is 5.02 Å². The van der Waals surface area contributed by atoms with Crippen molar-refractivity contribution in [3.05, 3.63) is 132 Å². The molecule has 1 aliphatic carbocycles. The molecule has 6 rings (SSSR count). The molecule has 1 N–H and O–H groups in total. The number of rotatable bonds is 5. The summed E-state index contributed by atoms with van der Waals surface area (Å²) in [6, 6.07) is 43.0. The van der Waals surface area contributed by atoms with Crippen LogP contribution in [0.3, 0.4) is 0 Å². The SMILES string of the molecule is CC1(C)c2ccccc2-c2ccc(N(c3ccc(BO)cc3)c3ccc(-c4ccccc4)cc3)cc21. The lowest BCUT2D eigenvalue weighted by molar-refractivity contribution is 0.615. The fraction of sp³-hybridized carbons (Fsp3) is 0.0909. The van der Waals surface area contributed by atoms with E-state index in [2.05, 4.69) is 122 Å². The Labute approximate surface area is 213 Å². The van der Waals surface area contributed by atoms with E-state index in [0.29, 0.717) is 0 Å². The first kappa shape index (κ1) is 22.4. The molecule has 0 saturated carbocycles. The Balaban J connectivity index is 1.47. The molecule has 0 saturated heterocycles. The van der Waals surface area contributed by atoms with Gasteiger partial charge in [0.25, 0.3) is 0 Å². The quantitative estimate of drug-likeness (QED) is 0.280. The Hall–Kier alpha value is -4.08. The average molecular weight is 465 g/mol. The summed E-state index contributed by atoms with van der Waals surface area (Å²) in [6.07, 6.45) is 0. The summed E-state index contributed by atoms with van der Waals surface area (Å²) >= 11 is 0. The van der Waals surface area contributed by atoms with E-state index in [1.165, 1.54) is 33.4 Å². The van der Waals surface area contributed by atoms with Gasteiger partial charge in [-0.1, -0.05) is 104 Å². The van der Waals surface area contributed by atoms with Crippen LogP contribution in [0, 0.1) is 0 Å². The summed E-state index contributed by atoms with van der Waals surface area (Å²) in [4.78, 5) is 2.30. The van der Waals surface area contributed by atoms with Gasteiger partial charge >= 0.3 is 7.48 Å². The monoisotopic (exact) mass is 465 g/mol. The standard InChI is InChI=1S/C33H28BNO/c1-33(2)31-11-7-6-10-29(31)30-21-20-28(22-32(30)33)35(27-18-14-25(34-36)15-19-27)26-16-12-24(13-17-26)23-8-4-3-5-9-23/h3-22,34,36H,1-2H3. The van der Waals surface area contributed by atoms with Gasteiger partial charge in [0.1, 0.15) is 0 Å². The summed E-state index contributed by atoms with van der Waals surface area (Å²) < 4.78 is 0. The molecule has 0 heterocycles. The maximum absolute atomic E-state index is 9.58. The van der Waals surface area contributed by atoms with Crippen LogP contribution in [0.2, 0.25) is 0 Å². The summed E-state index contributed by atoms with van der Waals surface area (Å²) in [7, 11) is 0.0390. The molecule has 0 radical (unpaired) electrons. The normalized spacial score (nSPS) is 13.1. The fourth-order valence-electron chi connectivity index (χ4n) is 5.46. The van der Waals surface area contributed by atoms with Gasteiger partial charge in [0, 0.05) is 22.5 Å². The lowest BCUT2D eigenvalue weighted by Gasteiger charge is -2.28. The van der Waals surface area contributed by atoms with Gasteiger partial charge in [-0.15, -0.1) is 0 Å². The third-order valence-corrected chi connectivity index (χ3v) is 7.44. The first-order chi connectivity index (χ1) is 17.6. The van der Waals surface area contributed by atoms with E-state index in [4.69, 9.17) is 0 Å². The van der Waals surface area contributed by atoms with Gasteiger partial charge in [-0.2, -0.15) is 0 Å². The molecule has 5 aromatic carbocycles. The average Bonchev–Trinajstić information content (AvgIpc) is 3.16. The number of hydrogen-bond donors (Lipinski definition) is 1. The van der Waals surface area contributed by atoms with E-state index < -0.39 is 0 Å². The third kappa shape index (κ3) is 3.73. The van der Waals surface area contributed by atoms with E-state index in [1.807, 2.05) is 18.2 Å². The first-order valence-corrected chi connectivity index (χ1v) is 12.5. The molecule has 174 valence electrons. The molecular weight excluding hydrogens is 437 g/mol. The summed E-state index contributed by atoms with van der Waals surface area (Å²) in [6.45, 7) is 4.63. The van der Waals surface area contributed by atoms with E-state index in [0.717, 1.165) is 22.5 Å². The third-order valence-electron chi connectivity index (χ3n) is 7.44. The largest absolute Gasteiger partial charge is 0.449 e. The Morgan fingerprint density at radius 3 is 1.81 bits per heavy atom. The molecule has 2 nitrogen and oxygen atoms in total. The van der Waals surface area contributed by atoms with Gasteiger partial charge in [0.2, 0.25) is 0 Å². The predicted octanol–water partition coefficient (Wildman–Crippen LogP) is 7.10. The minimum absolute atomic E-state index is 0.0390. The molecule has 36 heavy (non-hydrogen) atoms. The molecule has 0 fully saturated rings. The highest BCUT2D eigenvalue weighted by molar-refractivity contribution is 6.45. The number of benzene rings is 5. The van der Waals surface area contributed by atoms with Crippen molar-refractivity contribution in [2.24, 2.45) is 0 Å². The molecular formula is C33H28BNO. The molecule has 3 heteroatoms. The maximum atomic E-state index is 9.58. The van der Waals surface area contributed by atoms with Gasteiger partial charge in [-0.3, -0.25) is 0 Å². The van der Waals surface area contributed by atoms with E-state index >= 15 is 0 Å². The minimum atomic E-state index is -0.0640. The van der Waals surface area contributed by atoms with Crippen LogP contribution in [0.5, 0.6) is 0 Å². The zero-order valence-electron chi connectivity index (χ0n) is 20.6. The van der Waals surface area contributed by atoms with Crippen molar-refractivity contribution in [3.63, 3.8) is 0 Å². The van der Waals surface area contributed by atoms with Crippen molar-refractivity contribution in [1.82, 2.24) is 0 Å². The molecule has 0 atom stereocenters. The van der Waals surface area contributed by atoms with Crippen LogP contribution in [-0.4, -0.2) is 12.5 Å². The molecule has 0 aliphatic heterocycles. The second-order valence-corrected chi connectivity index (χ2v) is 9.97. The Morgan fingerprint density at radius 1 is 0.556 bits per heavy atom. The van der Waals surface area contributed by atoms with Crippen molar-refractivity contribution in [2.75, 3.05) is 4.90 Å². The fourth-order valence-corrected chi connectivity index (χ4v) is 5.46. The number of nitrogens with zero attached hydrogens (tertiary/aromatic N) is 1. The topological polar surface area (TPSA) is 23.5 Å². The van der Waals surface area contributed by atoms with Crippen LogP contribution < -0.4 is 10.4 Å². The Bertz CT molecular complexity index is 1520. The van der Waals surface area contributed by atoms with Crippen LogP contribution in [0.25, 0.3) is 22.3 Å². The second-order valence-electron chi connectivity index (χ2n) is 9.97. The lowest BCUT2D eigenvalue weighted by atomic mass is 9.82.